The molecule has 1 amide bonds. The molecule has 3 aromatic heterocycles. The average Bonchev–Trinajstić information content (AvgIpc) is 3.10. The van der Waals surface area contributed by atoms with Crippen molar-refractivity contribution in [2.24, 2.45) is 0 Å². The second-order valence-corrected chi connectivity index (χ2v) is 7.43. The minimum Gasteiger partial charge on any atom is -0.353 e. The molecule has 0 spiro atoms. The highest BCUT2D eigenvalue weighted by Gasteiger charge is 2.22. The van der Waals surface area contributed by atoms with Crippen molar-refractivity contribution in [1.29, 1.82) is 0 Å². The van der Waals surface area contributed by atoms with Crippen LogP contribution in [0.1, 0.15) is 11.4 Å². The molecule has 3 aromatic rings. The molecule has 140 valence electrons. The first-order valence-electron chi connectivity index (χ1n) is 8.88. The second-order valence-electron chi connectivity index (χ2n) is 6.49. The number of fused-ring (bicyclic) bond motifs is 1. The Labute approximate surface area is 161 Å². The molecule has 0 bridgehead atoms. The van der Waals surface area contributed by atoms with Crippen molar-refractivity contribution in [2.75, 3.05) is 36.8 Å². The Hall–Kier alpha value is -2.68. The number of aromatic nitrogens is 5. The van der Waals surface area contributed by atoms with Crippen molar-refractivity contribution in [1.82, 2.24) is 29.5 Å². The van der Waals surface area contributed by atoms with Gasteiger partial charge in [0.1, 0.15) is 5.82 Å². The largest absolute Gasteiger partial charge is 0.353 e. The van der Waals surface area contributed by atoms with Crippen molar-refractivity contribution in [2.45, 2.75) is 19.0 Å². The number of hydrogen-bond donors (Lipinski definition) is 0. The van der Waals surface area contributed by atoms with Gasteiger partial charge in [-0.25, -0.2) is 14.5 Å². The summed E-state index contributed by atoms with van der Waals surface area (Å²) in [5, 5.41) is 5.02. The average molecular weight is 383 g/mol. The number of thioether (sulfide) groups is 1. The van der Waals surface area contributed by atoms with Gasteiger partial charge in [0.25, 0.3) is 5.78 Å². The summed E-state index contributed by atoms with van der Waals surface area (Å²) in [5.41, 5.74) is 1.89. The van der Waals surface area contributed by atoms with E-state index in [0.29, 0.717) is 29.8 Å². The third-order valence-corrected chi connectivity index (χ3v) is 5.35. The SMILES string of the molecule is Cc1cc(C)n2nc(SCC(=O)N3CCN(c4ccccn4)CC3)nc2n1. The number of nitrogens with zero attached hydrogens (tertiary/aromatic N) is 7. The highest BCUT2D eigenvalue weighted by Crippen LogP contribution is 2.17. The second kappa shape index (κ2) is 7.51. The zero-order chi connectivity index (χ0) is 18.8. The summed E-state index contributed by atoms with van der Waals surface area (Å²) in [5.74, 6) is 1.98. The molecule has 27 heavy (non-hydrogen) atoms. The van der Waals surface area contributed by atoms with Crippen LogP contribution in [0.15, 0.2) is 35.6 Å². The van der Waals surface area contributed by atoms with Gasteiger partial charge in [-0.15, -0.1) is 5.10 Å². The molecule has 4 rings (SSSR count). The van der Waals surface area contributed by atoms with Crippen molar-refractivity contribution < 1.29 is 4.79 Å². The molecule has 0 N–H and O–H groups in total. The summed E-state index contributed by atoms with van der Waals surface area (Å²) in [7, 11) is 0. The molecular weight excluding hydrogens is 362 g/mol. The fourth-order valence-electron chi connectivity index (χ4n) is 3.15. The fourth-order valence-corrected chi connectivity index (χ4v) is 3.87. The smallest absolute Gasteiger partial charge is 0.253 e. The minimum absolute atomic E-state index is 0.111. The molecule has 0 atom stereocenters. The number of aryl methyl sites for hydroxylation is 2. The van der Waals surface area contributed by atoms with Gasteiger partial charge in [-0.3, -0.25) is 4.79 Å². The molecular formula is C18H21N7OS. The lowest BCUT2D eigenvalue weighted by Crippen LogP contribution is -2.49. The molecule has 8 nitrogen and oxygen atoms in total. The lowest BCUT2D eigenvalue weighted by Gasteiger charge is -2.35. The summed E-state index contributed by atoms with van der Waals surface area (Å²) in [6.45, 7) is 6.90. The monoisotopic (exact) mass is 383 g/mol. The van der Waals surface area contributed by atoms with Gasteiger partial charge < -0.3 is 9.80 Å². The van der Waals surface area contributed by atoms with Gasteiger partial charge in [-0.2, -0.15) is 4.98 Å². The van der Waals surface area contributed by atoms with Crippen molar-refractivity contribution in [3.05, 3.63) is 41.9 Å². The van der Waals surface area contributed by atoms with Gasteiger partial charge in [-0.05, 0) is 32.0 Å². The summed E-state index contributed by atoms with van der Waals surface area (Å²) in [6, 6.07) is 7.85. The van der Waals surface area contributed by atoms with Gasteiger partial charge in [-0.1, -0.05) is 17.8 Å². The number of amides is 1. The highest BCUT2D eigenvalue weighted by atomic mass is 32.2. The van der Waals surface area contributed by atoms with Crippen LogP contribution in [0, 0.1) is 13.8 Å². The first-order valence-corrected chi connectivity index (χ1v) is 9.86. The fraction of sp³-hybridized carbons (Fsp3) is 0.389. The third-order valence-electron chi connectivity index (χ3n) is 4.53. The number of rotatable bonds is 4. The summed E-state index contributed by atoms with van der Waals surface area (Å²) in [6.07, 6.45) is 1.80. The molecule has 0 unspecified atom stereocenters. The van der Waals surface area contributed by atoms with E-state index < -0.39 is 0 Å². The number of carbonyl (C=O) groups excluding carboxylic acids is 1. The van der Waals surface area contributed by atoms with E-state index >= 15 is 0 Å². The maximum absolute atomic E-state index is 12.5. The summed E-state index contributed by atoms with van der Waals surface area (Å²) in [4.78, 5) is 29.8. The molecule has 0 saturated carbocycles. The molecule has 1 saturated heterocycles. The van der Waals surface area contributed by atoms with Crippen molar-refractivity contribution in [3.8, 4) is 0 Å². The Morgan fingerprint density at radius 3 is 2.70 bits per heavy atom. The number of piperazine rings is 1. The first-order chi connectivity index (χ1) is 13.1. The van der Waals surface area contributed by atoms with Crippen LogP contribution in [0.5, 0.6) is 0 Å². The highest BCUT2D eigenvalue weighted by molar-refractivity contribution is 7.99. The molecule has 1 fully saturated rings. The third kappa shape index (κ3) is 3.87. The normalized spacial score (nSPS) is 14.7. The van der Waals surface area contributed by atoms with Crippen LogP contribution in [-0.4, -0.2) is 67.3 Å². The zero-order valence-corrected chi connectivity index (χ0v) is 16.2. The van der Waals surface area contributed by atoms with Crippen LogP contribution in [0.3, 0.4) is 0 Å². The van der Waals surface area contributed by atoms with E-state index in [4.69, 9.17) is 0 Å². The van der Waals surface area contributed by atoms with Crippen molar-refractivity contribution >= 4 is 29.3 Å². The van der Waals surface area contributed by atoms with Crippen LogP contribution >= 0.6 is 11.8 Å². The minimum atomic E-state index is 0.111. The lowest BCUT2D eigenvalue weighted by atomic mass is 10.3. The van der Waals surface area contributed by atoms with Gasteiger partial charge in [0, 0.05) is 43.8 Å². The number of pyridine rings is 1. The van der Waals surface area contributed by atoms with E-state index in [2.05, 4.69) is 25.0 Å². The summed E-state index contributed by atoms with van der Waals surface area (Å²) < 4.78 is 1.71. The van der Waals surface area contributed by atoms with Gasteiger partial charge in [0.2, 0.25) is 11.1 Å². The van der Waals surface area contributed by atoms with Gasteiger partial charge >= 0.3 is 0 Å². The number of carbonyl (C=O) groups is 1. The Bertz CT molecular complexity index is 951. The predicted octanol–water partition coefficient (Wildman–Crippen LogP) is 1.58. The maximum atomic E-state index is 12.5. The molecule has 1 aliphatic heterocycles. The van der Waals surface area contributed by atoms with Crippen LogP contribution < -0.4 is 4.90 Å². The Morgan fingerprint density at radius 1 is 1.15 bits per heavy atom. The van der Waals surface area contributed by atoms with Crippen LogP contribution in [-0.2, 0) is 4.79 Å². The van der Waals surface area contributed by atoms with Crippen molar-refractivity contribution in [3.63, 3.8) is 0 Å². The molecule has 0 aromatic carbocycles. The standard InChI is InChI=1S/C18H21N7OS/c1-13-11-14(2)25-17(20-13)21-18(22-25)27-12-16(26)24-9-7-23(8-10-24)15-5-3-4-6-19-15/h3-6,11H,7-10,12H2,1-2H3. The molecule has 4 heterocycles. The lowest BCUT2D eigenvalue weighted by molar-refractivity contribution is -0.128. The Morgan fingerprint density at radius 2 is 1.96 bits per heavy atom. The quantitative estimate of drug-likeness (QED) is 0.633. The molecule has 1 aliphatic rings. The van der Waals surface area contributed by atoms with E-state index in [1.54, 1.807) is 10.7 Å². The van der Waals surface area contributed by atoms with Gasteiger partial charge in [0.15, 0.2) is 0 Å². The van der Waals surface area contributed by atoms with Crippen LogP contribution in [0.4, 0.5) is 5.82 Å². The topological polar surface area (TPSA) is 79.5 Å². The first kappa shape index (κ1) is 17.7. The Kier molecular flexibility index (Phi) is 4.93. The van der Waals surface area contributed by atoms with E-state index in [1.165, 1.54) is 11.8 Å². The van der Waals surface area contributed by atoms with E-state index in [9.17, 15) is 4.79 Å². The zero-order valence-electron chi connectivity index (χ0n) is 15.4. The molecule has 9 heteroatoms. The van der Waals surface area contributed by atoms with E-state index in [0.717, 1.165) is 30.3 Å². The van der Waals surface area contributed by atoms with Crippen LogP contribution in [0.25, 0.3) is 5.78 Å². The molecule has 0 radical (unpaired) electrons. The predicted molar refractivity (Wildman–Crippen MR) is 104 cm³/mol. The van der Waals surface area contributed by atoms with Crippen LogP contribution in [0.2, 0.25) is 0 Å². The van der Waals surface area contributed by atoms with E-state index in [-0.39, 0.29) is 5.91 Å². The number of anilines is 1. The molecule has 0 aliphatic carbocycles. The Balaban J connectivity index is 1.33. The maximum Gasteiger partial charge on any atom is 0.253 e. The number of hydrogen-bond acceptors (Lipinski definition) is 7. The van der Waals surface area contributed by atoms with E-state index in [1.807, 2.05) is 43.0 Å². The summed E-state index contributed by atoms with van der Waals surface area (Å²) >= 11 is 1.36. The van der Waals surface area contributed by atoms with Gasteiger partial charge in [0.05, 0.1) is 5.75 Å².